The van der Waals surface area contributed by atoms with Gasteiger partial charge in [-0.05, 0) is 42.8 Å². The highest BCUT2D eigenvalue weighted by Gasteiger charge is 2.17. The number of anilines is 2. The van der Waals surface area contributed by atoms with Gasteiger partial charge in [0.05, 0.1) is 24.7 Å². The molecule has 1 amide bonds. The second kappa shape index (κ2) is 7.33. The van der Waals surface area contributed by atoms with Crippen LogP contribution in [0.4, 0.5) is 11.4 Å². The maximum absolute atomic E-state index is 12.6. The fourth-order valence-electron chi connectivity index (χ4n) is 2.24. The predicted octanol–water partition coefficient (Wildman–Crippen LogP) is 3.31. The van der Waals surface area contributed by atoms with Gasteiger partial charge in [-0.25, -0.2) is 8.42 Å². The molecule has 0 spiro atoms. The van der Waals surface area contributed by atoms with Crippen LogP contribution in [0.25, 0.3) is 0 Å². The van der Waals surface area contributed by atoms with Crippen molar-refractivity contribution in [3.8, 4) is 5.75 Å². The highest BCUT2D eigenvalue weighted by molar-refractivity contribution is 7.92. The van der Waals surface area contributed by atoms with Gasteiger partial charge in [-0.3, -0.25) is 9.10 Å². The summed E-state index contributed by atoms with van der Waals surface area (Å²) in [5, 5.41) is 3.18. The Morgan fingerprint density at radius 2 is 1.88 bits per heavy atom. The Kier molecular flexibility index (Phi) is 5.59. The third-order valence-corrected chi connectivity index (χ3v) is 5.14. The number of rotatable bonds is 5. The molecular weight excluding hydrogens is 364 g/mol. The van der Waals surface area contributed by atoms with Gasteiger partial charge in [0.2, 0.25) is 10.0 Å². The average Bonchev–Trinajstić information content (AvgIpc) is 2.54. The Hall–Kier alpha value is -2.25. The third kappa shape index (κ3) is 4.43. The minimum absolute atomic E-state index is 0.318. The molecule has 0 aliphatic rings. The zero-order chi connectivity index (χ0) is 18.8. The fraction of sp³-hybridized carbons (Fsp3) is 0.235. The van der Waals surface area contributed by atoms with Gasteiger partial charge in [0.15, 0.2) is 0 Å². The van der Waals surface area contributed by atoms with Crippen LogP contribution in [0.5, 0.6) is 5.75 Å². The first-order valence-corrected chi connectivity index (χ1v) is 9.55. The summed E-state index contributed by atoms with van der Waals surface area (Å²) in [5.41, 5.74) is 1.93. The molecule has 6 nitrogen and oxygen atoms in total. The zero-order valence-corrected chi connectivity index (χ0v) is 15.9. The summed E-state index contributed by atoms with van der Waals surface area (Å²) in [7, 11) is -0.498. The van der Waals surface area contributed by atoms with E-state index in [1.165, 1.54) is 20.2 Å². The number of benzene rings is 2. The number of amides is 1. The zero-order valence-electron chi connectivity index (χ0n) is 14.3. The highest BCUT2D eigenvalue weighted by Crippen LogP contribution is 2.29. The van der Waals surface area contributed by atoms with Gasteiger partial charge in [0.25, 0.3) is 5.91 Å². The SMILES string of the molecule is COc1ccc(Cl)cc1NC(=O)c1ccc(C)c(N(C)S(C)(=O)=O)c1. The normalized spacial score (nSPS) is 11.1. The van der Waals surface area contributed by atoms with Crippen molar-refractivity contribution >= 4 is 38.9 Å². The van der Waals surface area contributed by atoms with Crippen LogP contribution in [0, 0.1) is 6.92 Å². The summed E-state index contributed by atoms with van der Waals surface area (Å²) in [4.78, 5) is 12.6. The summed E-state index contributed by atoms with van der Waals surface area (Å²) in [6, 6.07) is 9.73. The number of hydrogen-bond donors (Lipinski definition) is 1. The molecule has 2 aromatic rings. The maximum Gasteiger partial charge on any atom is 0.255 e. The number of halogens is 1. The van der Waals surface area contributed by atoms with Crippen LogP contribution in [0.1, 0.15) is 15.9 Å². The largest absolute Gasteiger partial charge is 0.495 e. The average molecular weight is 383 g/mol. The molecule has 8 heteroatoms. The molecule has 0 aromatic heterocycles. The first kappa shape index (κ1) is 19.1. The fourth-order valence-corrected chi connectivity index (χ4v) is 2.97. The molecule has 2 aromatic carbocycles. The molecule has 0 heterocycles. The molecule has 0 fully saturated rings. The molecule has 0 radical (unpaired) electrons. The van der Waals surface area contributed by atoms with Crippen molar-refractivity contribution in [2.45, 2.75) is 6.92 Å². The van der Waals surface area contributed by atoms with Crippen LogP contribution >= 0.6 is 11.6 Å². The van der Waals surface area contributed by atoms with Gasteiger partial charge in [-0.1, -0.05) is 17.7 Å². The van der Waals surface area contributed by atoms with Crippen molar-refractivity contribution < 1.29 is 17.9 Å². The molecular formula is C17H19ClN2O4S. The summed E-state index contributed by atoms with van der Waals surface area (Å²) in [5.74, 6) is 0.0713. The Bertz CT molecular complexity index is 913. The third-order valence-electron chi connectivity index (χ3n) is 3.72. The molecule has 0 saturated carbocycles. The lowest BCUT2D eigenvalue weighted by molar-refractivity contribution is 0.102. The molecule has 134 valence electrons. The first-order valence-electron chi connectivity index (χ1n) is 7.33. The topological polar surface area (TPSA) is 75.7 Å². The van der Waals surface area contributed by atoms with Gasteiger partial charge >= 0.3 is 0 Å². The van der Waals surface area contributed by atoms with E-state index in [0.717, 1.165) is 16.1 Å². The minimum atomic E-state index is -3.43. The summed E-state index contributed by atoms with van der Waals surface area (Å²) in [6.45, 7) is 1.78. The number of methoxy groups -OCH3 is 1. The lowest BCUT2D eigenvalue weighted by Gasteiger charge is -2.20. The number of ether oxygens (including phenoxy) is 1. The van der Waals surface area contributed by atoms with Gasteiger partial charge < -0.3 is 10.1 Å². The predicted molar refractivity (Wildman–Crippen MR) is 100 cm³/mol. The van der Waals surface area contributed by atoms with E-state index in [1.807, 2.05) is 0 Å². The number of nitrogens with one attached hydrogen (secondary N) is 1. The number of hydrogen-bond acceptors (Lipinski definition) is 4. The molecule has 1 N–H and O–H groups in total. The van der Waals surface area contributed by atoms with E-state index in [4.69, 9.17) is 16.3 Å². The summed E-state index contributed by atoms with van der Waals surface area (Å²) in [6.07, 6.45) is 1.11. The second-order valence-electron chi connectivity index (χ2n) is 5.53. The Balaban J connectivity index is 2.37. The maximum atomic E-state index is 12.6. The van der Waals surface area contributed by atoms with E-state index in [1.54, 1.807) is 37.3 Å². The van der Waals surface area contributed by atoms with Crippen LogP contribution in [0.2, 0.25) is 5.02 Å². The quantitative estimate of drug-likeness (QED) is 0.860. The first-order chi connectivity index (χ1) is 11.6. The van der Waals surface area contributed by atoms with Crippen molar-refractivity contribution in [1.82, 2.24) is 0 Å². The van der Waals surface area contributed by atoms with Crippen LogP contribution in [0.15, 0.2) is 36.4 Å². The van der Waals surface area contributed by atoms with Crippen molar-refractivity contribution in [1.29, 1.82) is 0 Å². The highest BCUT2D eigenvalue weighted by atomic mass is 35.5. The molecule has 25 heavy (non-hydrogen) atoms. The summed E-state index contributed by atoms with van der Waals surface area (Å²) < 4.78 is 29.9. The molecule has 0 aliphatic heterocycles. The smallest absolute Gasteiger partial charge is 0.255 e. The van der Waals surface area contributed by atoms with Crippen LogP contribution in [0.3, 0.4) is 0 Å². The lowest BCUT2D eigenvalue weighted by atomic mass is 10.1. The number of aryl methyl sites for hydroxylation is 1. The minimum Gasteiger partial charge on any atom is -0.495 e. The number of carbonyl (C=O) groups is 1. The van der Waals surface area contributed by atoms with Gasteiger partial charge in [0, 0.05) is 17.6 Å². The van der Waals surface area contributed by atoms with E-state index in [2.05, 4.69) is 5.32 Å². The van der Waals surface area contributed by atoms with Gasteiger partial charge in [0.1, 0.15) is 5.75 Å². The Morgan fingerprint density at radius 3 is 2.48 bits per heavy atom. The van der Waals surface area contributed by atoms with Crippen molar-refractivity contribution in [2.75, 3.05) is 30.0 Å². The number of carbonyl (C=O) groups excluding carboxylic acids is 1. The van der Waals surface area contributed by atoms with E-state index in [9.17, 15) is 13.2 Å². The summed E-state index contributed by atoms with van der Waals surface area (Å²) >= 11 is 5.96. The molecule has 0 unspecified atom stereocenters. The molecule has 2 rings (SSSR count). The van der Waals surface area contributed by atoms with Crippen molar-refractivity contribution in [2.24, 2.45) is 0 Å². The Labute approximate surface area is 152 Å². The van der Waals surface area contributed by atoms with E-state index in [-0.39, 0.29) is 0 Å². The molecule has 0 atom stereocenters. The van der Waals surface area contributed by atoms with Gasteiger partial charge in [-0.2, -0.15) is 0 Å². The standard InChI is InChI=1S/C17H19ClN2O4S/c1-11-5-6-12(9-15(11)20(2)25(4,22)23)17(21)19-14-10-13(18)7-8-16(14)24-3/h5-10H,1-4H3,(H,19,21). The van der Waals surface area contributed by atoms with Crippen LogP contribution in [-0.2, 0) is 10.0 Å². The van der Waals surface area contributed by atoms with Crippen molar-refractivity contribution in [3.05, 3.63) is 52.5 Å². The molecule has 0 bridgehead atoms. The van der Waals surface area contributed by atoms with E-state index in [0.29, 0.717) is 27.7 Å². The van der Waals surface area contributed by atoms with Crippen molar-refractivity contribution in [3.63, 3.8) is 0 Å². The molecule has 0 saturated heterocycles. The van der Waals surface area contributed by atoms with E-state index >= 15 is 0 Å². The second-order valence-corrected chi connectivity index (χ2v) is 7.98. The lowest BCUT2D eigenvalue weighted by Crippen LogP contribution is -2.26. The monoisotopic (exact) mass is 382 g/mol. The van der Waals surface area contributed by atoms with Crippen LogP contribution in [-0.4, -0.2) is 34.7 Å². The van der Waals surface area contributed by atoms with Crippen LogP contribution < -0.4 is 14.4 Å². The molecule has 0 aliphatic carbocycles. The Morgan fingerprint density at radius 1 is 1.20 bits per heavy atom. The number of sulfonamides is 1. The van der Waals surface area contributed by atoms with E-state index < -0.39 is 15.9 Å². The van der Waals surface area contributed by atoms with Gasteiger partial charge in [-0.15, -0.1) is 0 Å². The number of nitrogens with zero attached hydrogens (tertiary/aromatic N) is 1.